The fourth-order valence-corrected chi connectivity index (χ4v) is 1.95. The van der Waals surface area contributed by atoms with Crippen molar-refractivity contribution in [3.8, 4) is 0 Å². The highest BCUT2D eigenvalue weighted by molar-refractivity contribution is 5.84. The predicted octanol–water partition coefficient (Wildman–Crippen LogP) is -1.32. The molecule has 20 heavy (non-hydrogen) atoms. The normalized spacial score (nSPS) is 13.7. The van der Waals surface area contributed by atoms with Gasteiger partial charge in [-0.1, -0.05) is 0 Å². The van der Waals surface area contributed by atoms with Crippen molar-refractivity contribution in [1.82, 2.24) is 24.6 Å². The molecule has 1 aliphatic rings. The van der Waals surface area contributed by atoms with Crippen molar-refractivity contribution in [2.24, 2.45) is 0 Å². The van der Waals surface area contributed by atoms with Gasteiger partial charge in [-0.25, -0.2) is 4.79 Å². The number of carboxylic acid groups (broad SMARTS) is 2. The summed E-state index contributed by atoms with van der Waals surface area (Å²) in [6.45, 7) is -0.307. The number of hydrogen-bond acceptors (Lipinski definition) is 5. The van der Waals surface area contributed by atoms with Gasteiger partial charge in [0.2, 0.25) is 0 Å². The minimum Gasteiger partial charge on any atom is -0.480 e. The zero-order valence-corrected chi connectivity index (χ0v) is 10.5. The quantitative estimate of drug-likeness (QED) is 0.701. The van der Waals surface area contributed by atoms with Gasteiger partial charge in [0, 0.05) is 13.1 Å². The smallest absolute Gasteiger partial charge is 0.323 e. The molecule has 0 bridgehead atoms. The number of urea groups is 1. The summed E-state index contributed by atoms with van der Waals surface area (Å²) in [4.78, 5) is 35.7. The molecule has 0 saturated carbocycles. The van der Waals surface area contributed by atoms with E-state index < -0.39 is 31.1 Å². The number of carbonyl (C=O) groups excluding carboxylic acids is 1. The van der Waals surface area contributed by atoms with Crippen molar-refractivity contribution in [3.63, 3.8) is 0 Å². The molecule has 2 N–H and O–H groups in total. The van der Waals surface area contributed by atoms with Gasteiger partial charge in [-0.3, -0.25) is 9.59 Å². The molecule has 0 spiro atoms. The summed E-state index contributed by atoms with van der Waals surface area (Å²) < 4.78 is 1.78. The fourth-order valence-electron chi connectivity index (χ4n) is 1.95. The van der Waals surface area contributed by atoms with E-state index in [0.29, 0.717) is 18.9 Å². The van der Waals surface area contributed by atoms with Crippen molar-refractivity contribution in [1.29, 1.82) is 0 Å². The van der Waals surface area contributed by atoms with Crippen LogP contribution in [0, 0.1) is 0 Å². The van der Waals surface area contributed by atoms with Crippen LogP contribution in [0.4, 0.5) is 4.79 Å². The predicted molar refractivity (Wildman–Crippen MR) is 62.7 cm³/mol. The number of hydrogen-bond donors (Lipinski definition) is 2. The monoisotopic (exact) mass is 283 g/mol. The second-order valence-electron chi connectivity index (χ2n) is 4.29. The topological polar surface area (TPSA) is 129 Å². The maximum Gasteiger partial charge on any atom is 0.323 e. The number of fused-ring (bicyclic) bond motifs is 1. The van der Waals surface area contributed by atoms with E-state index in [9.17, 15) is 14.4 Å². The van der Waals surface area contributed by atoms with Crippen LogP contribution in [0.15, 0.2) is 6.33 Å². The Labute approximate surface area is 113 Å². The molecule has 1 aromatic heterocycles. The molecule has 10 nitrogen and oxygen atoms in total. The zero-order valence-electron chi connectivity index (χ0n) is 10.5. The lowest BCUT2D eigenvalue weighted by molar-refractivity contribution is -0.140. The molecule has 1 aliphatic heterocycles. The van der Waals surface area contributed by atoms with Crippen molar-refractivity contribution in [2.75, 3.05) is 19.6 Å². The second-order valence-corrected chi connectivity index (χ2v) is 4.29. The van der Waals surface area contributed by atoms with Crippen molar-refractivity contribution < 1.29 is 24.6 Å². The molecule has 10 heteroatoms. The molecule has 0 saturated heterocycles. The minimum atomic E-state index is -1.26. The molecular formula is C10H13N5O5. The summed E-state index contributed by atoms with van der Waals surface area (Å²) in [5.41, 5.74) is 0. The third-order valence-electron chi connectivity index (χ3n) is 2.83. The van der Waals surface area contributed by atoms with Crippen molar-refractivity contribution in [2.45, 2.75) is 13.1 Å². The van der Waals surface area contributed by atoms with Crippen molar-refractivity contribution in [3.05, 3.63) is 12.2 Å². The van der Waals surface area contributed by atoms with E-state index in [1.165, 1.54) is 4.90 Å². The maximum absolute atomic E-state index is 12.2. The number of rotatable bonds is 4. The Morgan fingerprint density at radius 1 is 1.20 bits per heavy atom. The van der Waals surface area contributed by atoms with Crippen LogP contribution in [0.5, 0.6) is 0 Å². The molecule has 2 amide bonds. The van der Waals surface area contributed by atoms with Crippen LogP contribution in [0.25, 0.3) is 0 Å². The lowest BCUT2D eigenvalue weighted by atomic mass is 10.3. The van der Waals surface area contributed by atoms with Crippen LogP contribution in [-0.4, -0.2) is 72.4 Å². The highest BCUT2D eigenvalue weighted by Crippen LogP contribution is 2.11. The van der Waals surface area contributed by atoms with Gasteiger partial charge in [0.1, 0.15) is 19.4 Å². The maximum atomic E-state index is 12.2. The van der Waals surface area contributed by atoms with E-state index >= 15 is 0 Å². The molecule has 1 aromatic rings. The largest absolute Gasteiger partial charge is 0.480 e. The summed E-state index contributed by atoms with van der Waals surface area (Å²) in [6.07, 6.45) is 1.55. The van der Waals surface area contributed by atoms with Crippen LogP contribution >= 0.6 is 0 Å². The van der Waals surface area contributed by atoms with E-state index in [0.717, 1.165) is 4.90 Å². The SMILES string of the molecule is O=C(O)CN(CC(=O)O)C(=O)N1CCn2cnnc2C1. The summed E-state index contributed by atoms with van der Waals surface area (Å²) >= 11 is 0. The lowest BCUT2D eigenvalue weighted by Gasteiger charge is -2.31. The average molecular weight is 283 g/mol. The van der Waals surface area contributed by atoms with E-state index in [1.54, 1.807) is 10.9 Å². The zero-order chi connectivity index (χ0) is 14.7. The lowest BCUT2D eigenvalue weighted by Crippen LogP contribution is -2.49. The number of carboxylic acids is 2. The van der Waals surface area contributed by atoms with Crippen LogP contribution in [-0.2, 0) is 22.7 Å². The highest BCUT2D eigenvalue weighted by Gasteiger charge is 2.28. The number of aromatic nitrogens is 3. The van der Waals surface area contributed by atoms with Gasteiger partial charge >= 0.3 is 18.0 Å². The Kier molecular flexibility index (Phi) is 3.82. The molecular weight excluding hydrogens is 270 g/mol. The molecule has 0 radical (unpaired) electrons. The van der Waals surface area contributed by atoms with Gasteiger partial charge in [-0.05, 0) is 0 Å². The van der Waals surface area contributed by atoms with Crippen LogP contribution in [0.3, 0.4) is 0 Å². The summed E-state index contributed by atoms with van der Waals surface area (Å²) in [6, 6.07) is -0.635. The third kappa shape index (κ3) is 3.02. The second kappa shape index (κ2) is 5.55. The Morgan fingerprint density at radius 3 is 2.45 bits per heavy atom. The number of carbonyl (C=O) groups is 3. The Bertz CT molecular complexity index is 526. The Morgan fingerprint density at radius 2 is 1.85 bits per heavy atom. The van der Waals surface area contributed by atoms with Gasteiger partial charge in [0.15, 0.2) is 5.82 Å². The first-order valence-corrected chi connectivity index (χ1v) is 5.81. The molecule has 0 aromatic carbocycles. The van der Waals surface area contributed by atoms with E-state index in [4.69, 9.17) is 10.2 Å². The highest BCUT2D eigenvalue weighted by atomic mass is 16.4. The molecule has 2 heterocycles. The van der Waals surface area contributed by atoms with E-state index in [1.807, 2.05) is 0 Å². The van der Waals surface area contributed by atoms with E-state index in [2.05, 4.69) is 10.2 Å². The minimum absolute atomic E-state index is 0.175. The van der Waals surface area contributed by atoms with Crippen LogP contribution in [0.1, 0.15) is 5.82 Å². The number of amides is 2. The molecule has 2 rings (SSSR count). The molecule has 0 atom stereocenters. The van der Waals surface area contributed by atoms with Gasteiger partial charge in [0.05, 0.1) is 6.54 Å². The van der Waals surface area contributed by atoms with Gasteiger partial charge < -0.3 is 24.6 Å². The standard InChI is InChI=1S/C10H13N5O5/c16-8(17)4-15(5-9(18)19)10(20)13-1-2-14-6-11-12-7(14)3-13/h6H,1-5H2,(H,16,17)(H,18,19). The summed E-state index contributed by atoms with van der Waals surface area (Å²) in [5, 5.41) is 25.0. The summed E-state index contributed by atoms with van der Waals surface area (Å²) in [7, 11) is 0. The van der Waals surface area contributed by atoms with E-state index in [-0.39, 0.29) is 6.54 Å². The first-order valence-electron chi connectivity index (χ1n) is 5.81. The van der Waals surface area contributed by atoms with Crippen LogP contribution < -0.4 is 0 Å². The number of aliphatic carboxylic acids is 2. The molecule has 0 unspecified atom stereocenters. The van der Waals surface area contributed by atoms with Gasteiger partial charge in [-0.2, -0.15) is 0 Å². The first-order chi connectivity index (χ1) is 9.47. The first kappa shape index (κ1) is 13.8. The number of nitrogens with zero attached hydrogens (tertiary/aromatic N) is 5. The Hall–Kier alpha value is -2.65. The van der Waals surface area contributed by atoms with Crippen molar-refractivity contribution >= 4 is 18.0 Å². The van der Waals surface area contributed by atoms with Gasteiger partial charge in [0.25, 0.3) is 0 Å². The Balaban J connectivity index is 2.08. The fraction of sp³-hybridized carbons (Fsp3) is 0.500. The third-order valence-corrected chi connectivity index (χ3v) is 2.83. The molecule has 0 aliphatic carbocycles. The molecule has 108 valence electrons. The summed E-state index contributed by atoms with van der Waals surface area (Å²) in [5.74, 6) is -1.95. The molecule has 0 fully saturated rings. The van der Waals surface area contributed by atoms with Gasteiger partial charge in [-0.15, -0.1) is 10.2 Å². The van der Waals surface area contributed by atoms with Crippen LogP contribution in [0.2, 0.25) is 0 Å². The average Bonchev–Trinajstić information content (AvgIpc) is 2.83.